The maximum atomic E-state index is 12.0. The number of amides is 2. The summed E-state index contributed by atoms with van der Waals surface area (Å²) in [5.41, 5.74) is 5.44. The molecule has 0 saturated carbocycles. The monoisotopic (exact) mass is 226 g/mol. The first-order valence-electron chi connectivity index (χ1n) is 5.83. The second-order valence-corrected chi connectivity index (χ2v) is 5.72. The molecule has 1 atom stereocenters. The highest BCUT2D eigenvalue weighted by Crippen LogP contribution is 2.33. The number of piperidine rings is 1. The first kappa shape index (κ1) is 13.2. The molecule has 4 nitrogen and oxygen atoms in total. The zero-order valence-electron chi connectivity index (χ0n) is 10.6. The third-order valence-corrected chi connectivity index (χ3v) is 3.14. The first-order chi connectivity index (χ1) is 7.28. The molecule has 0 aliphatic carbocycles. The summed E-state index contributed by atoms with van der Waals surface area (Å²) in [6, 6.07) is -0.156. The predicted octanol–water partition coefficient (Wildman–Crippen LogP) is 1.14. The van der Waals surface area contributed by atoms with E-state index in [0.717, 1.165) is 0 Å². The van der Waals surface area contributed by atoms with Crippen LogP contribution < -0.4 is 5.73 Å². The van der Waals surface area contributed by atoms with E-state index in [4.69, 9.17) is 5.73 Å². The number of carbonyl (C=O) groups is 2. The molecule has 2 N–H and O–H groups in total. The Morgan fingerprint density at radius 3 is 2.00 bits per heavy atom. The van der Waals surface area contributed by atoms with Crippen molar-refractivity contribution in [3.05, 3.63) is 0 Å². The van der Waals surface area contributed by atoms with Gasteiger partial charge in [-0.1, -0.05) is 27.7 Å². The molecule has 0 spiro atoms. The van der Waals surface area contributed by atoms with Crippen molar-refractivity contribution in [2.75, 3.05) is 6.54 Å². The van der Waals surface area contributed by atoms with Gasteiger partial charge in [0.25, 0.3) is 0 Å². The molecule has 1 heterocycles. The Balaban J connectivity index is 2.89. The van der Waals surface area contributed by atoms with Crippen molar-refractivity contribution in [1.29, 1.82) is 0 Å². The molecule has 0 aromatic rings. The largest absolute Gasteiger partial charge is 0.328 e. The molecule has 1 aliphatic heterocycles. The number of rotatable bonds is 3. The van der Waals surface area contributed by atoms with Gasteiger partial charge in [0.1, 0.15) is 0 Å². The topological polar surface area (TPSA) is 63.4 Å². The number of likely N-dealkylation sites (tertiary alicyclic amines) is 1. The number of carbonyl (C=O) groups excluding carboxylic acids is 2. The van der Waals surface area contributed by atoms with Crippen LogP contribution in [-0.2, 0) is 9.59 Å². The average Bonchev–Trinajstić information content (AvgIpc) is 2.08. The third kappa shape index (κ3) is 2.61. The van der Waals surface area contributed by atoms with Crippen LogP contribution in [0.15, 0.2) is 0 Å². The highest BCUT2D eigenvalue weighted by atomic mass is 16.2. The lowest BCUT2D eigenvalue weighted by Gasteiger charge is -2.40. The lowest BCUT2D eigenvalue weighted by atomic mass is 9.80. The number of nitrogens with two attached hydrogens (primary N) is 1. The number of nitrogens with zero attached hydrogens (tertiary/aromatic N) is 1. The van der Waals surface area contributed by atoms with Crippen molar-refractivity contribution in [3.63, 3.8) is 0 Å². The van der Waals surface area contributed by atoms with E-state index in [0.29, 0.717) is 19.4 Å². The molecule has 0 aromatic carbocycles. The molecule has 1 rings (SSSR count). The van der Waals surface area contributed by atoms with Gasteiger partial charge in [-0.05, 0) is 11.3 Å². The Morgan fingerprint density at radius 1 is 1.25 bits per heavy atom. The molecule has 2 amide bonds. The quantitative estimate of drug-likeness (QED) is 0.734. The van der Waals surface area contributed by atoms with Crippen molar-refractivity contribution >= 4 is 11.8 Å². The van der Waals surface area contributed by atoms with Crippen LogP contribution in [0.25, 0.3) is 0 Å². The highest BCUT2D eigenvalue weighted by molar-refractivity contribution is 5.98. The van der Waals surface area contributed by atoms with Crippen molar-refractivity contribution in [2.45, 2.75) is 46.6 Å². The summed E-state index contributed by atoms with van der Waals surface area (Å²) in [5.74, 6) is 0.0508. The van der Waals surface area contributed by atoms with E-state index in [2.05, 4.69) is 0 Å². The van der Waals surface area contributed by atoms with Gasteiger partial charge in [0.05, 0.1) is 6.04 Å². The minimum absolute atomic E-state index is 0.0783. The highest BCUT2D eigenvalue weighted by Gasteiger charge is 2.40. The summed E-state index contributed by atoms with van der Waals surface area (Å²) in [6.45, 7) is 8.21. The summed E-state index contributed by atoms with van der Waals surface area (Å²) in [7, 11) is 0. The summed E-state index contributed by atoms with van der Waals surface area (Å²) in [5, 5.41) is 0. The molecular weight excluding hydrogens is 204 g/mol. The van der Waals surface area contributed by atoms with Crippen LogP contribution in [0.3, 0.4) is 0 Å². The van der Waals surface area contributed by atoms with E-state index in [1.54, 1.807) is 0 Å². The van der Waals surface area contributed by atoms with Gasteiger partial charge in [0.2, 0.25) is 11.8 Å². The smallest absolute Gasteiger partial charge is 0.230 e. The Bertz CT molecular complexity index is 277. The van der Waals surface area contributed by atoms with Crippen molar-refractivity contribution in [2.24, 2.45) is 17.1 Å². The Hall–Kier alpha value is -0.900. The van der Waals surface area contributed by atoms with Crippen molar-refractivity contribution < 1.29 is 9.59 Å². The molecule has 1 saturated heterocycles. The standard InChI is InChI=1S/C12H22N2O2/c1-8(2)9(7-13)14-10(15)5-12(3,4)6-11(14)16/h8-9H,5-7,13H2,1-4H3. The minimum atomic E-state index is -0.208. The van der Waals surface area contributed by atoms with Crippen LogP contribution in [0.5, 0.6) is 0 Å². The van der Waals surface area contributed by atoms with Crippen molar-refractivity contribution in [3.8, 4) is 0 Å². The molecule has 92 valence electrons. The fourth-order valence-corrected chi connectivity index (χ4v) is 2.24. The number of hydrogen-bond donors (Lipinski definition) is 1. The molecule has 1 fully saturated rings. The van der Waals surface area contributed by atoms with E-state index >= 15 is 0 Å². The molecule has 1 aliphatic rings. The molecule has 4 heteroatoms. The fraction of sp³-hybridized carbons (Fsp3) is 0.833. The van der Waals surface area contributed by atoms with Gasteiger partial charge in [-0.2, -0.15) is 0 Å². The normalized spacial score (nSPS) is 22.8. The second kappa shape index (κ2) is 4.53. The molecule has 0 aromatic heterocycles. The van der Waals surface area contributed by atoms with E-state index in [9.17, 15) is 9.59 Å². The fourth-order valence-electron chi connectivity index (χ4n) is 2.24. The minimum Gasteiger partial charge on any atom is -0.328 e. The summed E-state index contributed by atoms with van der Waals surface area (Å²) in [6.07, 6.45) is 0.865. The number of hydrogen-bond acceptors (Lipinski definition) is 3. The zero-order valence-corrected chi connectivity index (χ0v) is 10.6. The van der Waals surface area contributed by atoms with Crippen LogP contribution in [-0.4, -0.2) is 29.3 Å². The van der Waals surface area contributed by atoms with Crippen LogP contribution in [0.1, 0.15) is 40.5 Å². The van der Waals surface area contributed by atoms with Gasteiger partial charge in [-0.15, -0.1) is 0 Å². The summed E-state index contributed by atoms with van der Waals surface area (Å²) < 4.78 is 0. The Kier molecular flexibility index (Phi) is 3.73. The first-order valence-corrected chi connectivity index (χ1v) is 5.83. The van der Waals surface area contributed by atoms with E-state index < -0.39 is 0 Å². The van der Waals surface area contributed by atoms with E-state index in [-0.39, 0.29) is 29.2 Å². The molecule has 16 heavy (non-hydrogen) atoms. The van der Waals surface area contributed by atoms with E-state index in [1.807, 2.05) is 27.7 Å². The van der Waals surface area contributed by atoms with Crippen LogP contribution in [0, 0.1) is 11.3 Å². The van der Waals surface area contributed by atoms with Gasteiger partial charge in [0, 0.05) is 19.4 Å². The van der Waals surface area contributed by atoms with Crippen LogP contribution in [0.2, 0.25) is 0 Å². The predicted molar refractivity (Wildman–Crippen MR) is 62.5 cm³/mol. The average molecular weight is 226 g/mol. The van der Waals surface area contributed by atoms with Crippen LogP contribution >= 0.6 is 0 Å². The number of imide groups is 1. The van der Waals surface area contributed by atoms with Gasteiger partial charge < -0.3 is 5.73 Å². The maximum absolute atomic E-state index is 12.0. The lowest BCUT2D eigenvalue weighted by Crippen LogP contribution is -2.55. The molecular formula is C12H22N2O2. The van der Waals surface area contributed by atoms with E-state index in [1.165, 1.54) is 4.90 Å². The lowest BCUT2D eigenvalue weighted by molar-refractivity contribution is -0.156. The SMILES string of the molecule is CC(C)C(CN)N1C(=O)CC(C)(C)CC1=O. The van der Waals surface area contributed by atoms with Gasteiger partial charge in [-0.25, -0.2) is 0 Å². The van der Waals surface area contributed by atoms with Gasteiger partial charge >= 0.3 is 0 Å². The van der Waals surface area contributed by atoms with Gasteiger partial charge in [0.15, 0.2) is 0 Å². The summed E-state index contributed by atoms with van der Waals surface area (Å²) in [4.78, 5) is 25.3. The van der Waals surface area contributed by atoms with Crippen molar-refractivity contribution in [1.82, 2.24) is 4.90 Å². The van der Waals surface area contributed by atoms with Gasteiger partial charge in [-0.3, -0.25) is 14.5 Å². The summed E-state index contributed by atoms with van der Waals surface area (Å²) >= 11 is 0. The zero-order chi connectivity index (χ0) is 12.5. The molecule has 0 radical (unpaired) electrons. The Labute approximate surface area is 97.2 Å². The second-order valence-electron chi connectivity index (χ2n) is 5.72. The molecule has 1 unspecified atom stereocenters. The molecule has 0 bridgehead atoms. The Morgan fingerprint density at radius 2 is 1.69 bits per heavy atom. The van der Waals surface area contributed by atoms with Crippen LogP contribution in [0.4, 0.5) is 0 Å². The maximum Gasteiger partial charge on any atom is 0.230 e. The third-order valence-electron chi connectivity index (χ3n) is 3.14.